The molecule has 0 rings (SSSR count). The predicted molar refractivity (Wildman–Crippen MR) is 80.4 cm³/mol. The van der Waals surface area contributed by atoms with E-state index in [9.17, 15) is 9.59 Å². The fraction of sp³-hybridized carbons (Fsp3) is 0.857. The Balaban J connectivity index is 3.98. The van der Waals surface area contributed by atoms with Crippen molar-refractivity contribution in [1.82, 2.24) is 5.32 Å². The van der Waals surface area contributed by atoms with Crippen LogP contribution in [0.25, 0.3) is 0 Å². The molecule has 0 spiro atoms. The Morgan fingerprint density at radius 3 is 2.32 bits per heavy atom. The topological polar surface area (TPSA) is 66.4 Å². The normalized spacial score (nSPS) is 14.2. The molecule has 1 amide bonds. The summed E-state index contributed by atoms with van der Waals surface area (Å²) in [5, 5.41) is 11.7. The summed E-state index contributed by atoms with van der Waals surface area (Å²) in [6, 6.07) is 0. The van der Waals surface area contributed by atoms with E-state index in [1.54, 1.807) is 11.8 Å². The highest BCUT2D eigenvalue weighted by Crippen LogP contribution is 2.20. The fourth-order valence-electron chi connectivity index (χ4n) is 2.00. The van der Waals surface area contributed by atoms with Gasteiger partial charge in [-0.3, -0.25) is 9.59 Å². The van der Waals surface area contributed by atoms with Gasteiger partial charge in [-0.05, 0) is 30.9 Å². The van der Waals surface area contributed by atoms with E-state index in [1.165, 1.54) is 0 Å². The van der Waals surface area contributed by atoms with Crippen LogP contribution >= 0.6 is 11.8 Å². The first-order valence-electron chi connectivity index (χ1n) is 6.86. The molecule has 0 aromatic rings. The lowest BCUT2D eigenvalue weighted by Crippen LogP contribution is -2.32. The zero-order chi connectivity index (χ0) is 14.8. The van der Waals surface area contributed by atoms with Crippen LogP contribution in [0.3, 0.4) is 0 Å². The van der Waals surface area contributed by atoms with Gasteiger partial charge in [0, 0.05) is 24.6 Å². The zero-order valence-electron chi connectivity index (χ0n) is 12.4. The first-order valence-corrected chi connectivity index (χ1v) is 8.26. The van der Waals surface area contributed by atoms with Crippen LogP contribution in [0.2, 0.25) is 0 Å². The van der Waals surface area contributed by atoms with Crippen LogP contribution < -0.4 is 5.32 Å². The monoisotopic (exact) mass is 289 g/mol. The van der Waals surface area contributed by atoms with Gasteiger partial charge in [0.2, 0.25) is 5.91 Å². The van der Waals surface area contributed by atoms with Crippen LogP contribution in [-0.2, 0) is 9.59 Å². The van der Waals surface area contributed by atoms with Gasteiger partial charge in [-0.1, -0.05) is 20.8 Å². The Morgan fingerprint density at radius 2 is 1.84 bits per heavy atom. The van der Waals surface area contributed by atoms with Gasteiger partial charge in [-0.2, -0.15) is 11.8 Å². The molecule has 0 heterocycles. The third kappa shape index (κ3) is 8.92. The smallest absolute Gasteiger partial charge is 0.303 e. The maximum Gasteiger partial charge on any atom is 0.303 e. The number of hydrogen-bond donors (Lipinski definition) is 2. The summed E-state index contributed by atoms with van der Waals surface area (Å²) >= 11 is 1.67. The number of thioether (sulfide) groups is 1. The van der Waals surface area contributed by atoms with Gasteiger partial charge < -0.3 is 10.4 Å². The first kappa shape index (κ1) is 18.3. The lowest BCUT2D eigenvalue weighted by atomic mass is 9.88. The van der Waals surface area contributed by atoms with Gasteiger partial charge >= 0.3 is 5.97 Å². The van der Waals surface area contributed by atoms with E-state index < -0.39 is 5.97 Å². The third-order valence-electron chi connectivity index (χ3n) is 3.35. The Bertz CT molecular complexity index is 282. The molecule has 0 aliphatic rings. The van der Waals surface area contributed by atoms with Crippen LogP contribution in [0.5, 0.6) is 0 Å². The number of carbonyl (C=O) groups is 2. The van der Waals surface area contributed by atoms with Gasteiger partial charge in [0.05, 0.1) is 0 Å². The van der Waals surface area contributed by atoms with Gasteiger partial charge in [0.1, 0.15) is 0 Å². The average molecular weight is 289 g/mol. The van der Waals surface area contributed by atoms with E-state index in [-0.39, 0.29) is 18.2 Å². The zero-order valence-corrected chi connectivity index (χ0v) is 13.3. The molecule has 2 atom stereocenters. The van der Waals surface area contributed by atoms with Crippen molar-refractivity contribution in [3.63, 3.8) is 0 Å². The van der Waals surface area contributed by atoms with Crippen molar-refractivity contribution in [3.8, 4) is 0 Å². The number of carboxylic acid groups (broad SMARTS) is 1. The highest BCUT2D eigenvalue weighted by Gasteiger charge is 2.16. The molecule has 0 saturated heterocycles. The third-order valence-corrected chi connectivity index (χ3v) is 4.18. The van der Waals surface area contributed by atoms with E-state index >= 15 is 0 Å². The maximum atomic E-state index is 11.7. The van der Waals surface area contributed by atoms with E-state index in [1.807, 2.05) is 13.2 Å². The molecule has 0 fully saturated rings. The molecule has 0 radical (unpaired) electrons. The summed E-state index contributed by atoms with van der Waals surface area (Å²) in [6.07, 6.45) is 3.73. The lowest BCUT2D eigenvalue weighted by molar-refractivity contribution is -0.137. The Kier molecular flexibility index (Phi) is 9.74. The number of amides is 1. The Hall–Kier alpha value is -0.710. The van der Waals surface area contributed by atoms with Crippen LogP contribution in [0, 0.1) is 17.8 Å². The van der Waals surface area contributed by atoms with Crippen LogP contribution in [0.15, 0.2) is 0 Å². The molecule has 5 heteroatoms. The molecule has 112 valence electrons. The number of nitrogens with one attached hydrogen (secondary N) is 1. The van der Waals surface area contributed by atoms with Gasteiger partial charge in [-0.15, -0.1) is 0 Å². The largest absolute Gasteiger partial charge is 0.481 e. The molecular weight excluding hydrogens is 262 g/mol. The first-order chi connectivity index (χ1) is 8.88. The highest BCUT2D eigenvalue weighted by atomic mass is 32.2. The minimum absolute atomic E-state index is 0.0338. The summed E-state index contributed by atoms with van der Waals surface area (Å²) in [5.74, 6) is 1.01. The number of carbonyl (C=O) groups excluding carboxylic acids is 1. The van der Waals surface area contributed by atoms with Crippen molar-refractivity contribution in [3.05, 3.63) is 0 Å². The van der Waals surface area contributed by atoms with Gasteiger partial charge in [0.25, 0.3) is 0 Å². The second-order valence-corrected chi connectivity index (χ2v) is 6.28. The second-order valence-electron chi connectivity index (χ2n) is 5.37. The molecule has 0 aromatic heterocycles. The van der Waals surface area contributed by atoms with Crippen molar-refractivity contribution in [1.29, 1.82) is 0 Å². The van der Waals surface area contributed by atoms with Crippen LogP contribution in [0.4, 0.5) is 0 Å². The van der Waals surface area contributed by atoms with Crippen molar-refractivity contribution >= 4 is 23.6 Å². The summed E-state index contributed by atoms with van der Waals surface area (Å²) in [5.41, 5.74) is 0. The Morgan fingerprint density at radius 1 is 1.21 bits per heavy atom. The minimum Gasteiger partial charge on any atom is -0.481 e. The highest BCUT2D eigenvalue weighted by molar-refractivity contribution is 7.98. The molecule has 2 N–H and O–H groups in total. The molecule has 0 aromatic carbocycles. The predicted octanol–water partition coefficient (Wildman–Crippen LogP) is 2.63. The Labute approximate surface area is 120 Å². The summed E-state index contributed by atoms with van der Waals surface area (Å²) in [4.78, 5) is 22.3. The number of hydrogen-bond acceptors (Lipinski definition) is 3. The maximum absolute atomic E-state index is 11.7. The minimum atomic E-state index is -0.747. The second kappa shape index (κ2) is 10.1. The van der Waals surface area contributed by atoms with Gasteiger partial charge in [0.15, 0.2) is 0 Å². The fourth-order valence-corrected chi connectivity index (χ4v) is 2.65. The van der Waals surface area contributed by atoms with Crippen molar-refractivity contribution in [2.75, 3.05) is 18.6 Å². The lowest BCUT2D eigenvalue weighted by Gasteiger charge is -2.20. The van der Waals surface area contributed by atoms with Crippen molar-refractivity contribution in [2.24, 2.45) is 17.8 Å². The molecular formula is C14H27NO3S. The summed E-state index contributed by atoms with van der Waals surface area (Å²) in [6.45, 7) is 6.77. The molecule has 0 bridgehead atoms. The number of carboxylic acids is 1. The van der Waals surface area contributed by atoms with E-state index in [4.69, 9.17) is 5.11 Å². The van der Waals surface area contributed by atoms with Crippen molar-refractivity contribution in [2.45, 2.75) is 40.0 Å². The van der Waals surface area contributed by atoms with E-state index in [2.05, 4.69) is 19.2 Å². The standard InChI is InChI=1S/C14H27NO3S/c1-10(2)12(5-6-13(16)17)7-8-15-14(18)11(3)9-19-4/h10-12H,5-9H2,1-4H3,(H,15,18)(H,16,17). The summed E-state index contributed by atoms with van der Waals surface area (Å²) in [7, 11) is 0. The molecule has 19 heavy (non-hydrogen) atoms. The molecule has 2 unspecified atom stereocenters. The molecule has 0 aliphatic carbocycles. The average Bonchev–Trinajstić information content (AvgIpc) is 2.32. The van der Waals surface area contributed by atoms with Crippen LogP contribution in [-0.4, -0.2) is 35.5 Å². The number of aliphatic carboxylic acids is 1. The molecule has 4 nitrogen and oxygen atoms in total. The van der Waals surface area contributed by atoms with Gasteiger partial charge in [-0.25, -0.2) is 0 Å². The van der Waals surface area contributed by atoms with E-state index in [0.29, 0.717) is 24.8 Å². The quantitative estimate of drug-likeness (QED) is 0.649. The van der Waals surface area contributed by atoms with Crippen molar-refractivity contribution < 1.29 is 14.7 Å². The number of rotatable bonds is 10. The molecule has 0 aliphatic heterocycles. The SMILES string of the molecule is CSCC(C)C(=O)NCCC(CCC(=O)O)C(C)C. The summed E-state index contributed by atoms with van der Waals surface area (Å²) < 4.78 is 0. The van der Waals surface area contributed by atoms with Crippen LogP contribution in [0.1, 0.15) is 40.0 Å². The molecule has 0 saturated carbocycles. The van der Waals surface area contributed by atoms with E-state index in [0.717, 1.165) is 12.2 Å².